The van der Waals surface area contributed by atoms with Crippen LogP contribution in [0.2, 0.25) is 0 Å². The first-order valence-corrected chi connectivity index (χ1v) is 3.86. The van der Waals surface area contributed by atoms with Crippen LogP contribution in [0.3, 0.4) is 0 Å². The summed E-state index contributed by atoms with van der Waals surface area (Å²) in [5.74, 6) is 2.54. The summed E-state index contributed by atoms with van der Waals surface area (Å²) in [6.07, 6.45) is 7.48. The summed E-state index contributed by atoms with van der Waals surface area (Å²) in [5.41, 5.74) is 7.82. The van der Waals surface area contributed by atoms with E-state index in [0.717, 1.165) is 11.3 Å². The first kappa shape index (κ1) is 8.76. The first-order valence-electron chi connectivity index (χ1n) is 3.86. The maximum Gasteiger partial charge on any atom is 0.0423 e. The van der Waals surface area contributed by atoms with Gasteiger partial charge in [-0.05, 0) is 18.6 Å². The molecular formula is C10H12N2. The number of pyridine rings is 1. The zero-order valence-electron chi connectivity index (χ0n) is 7.12. The lowest BCUT2D eigenvalue weighted by molar-refractivity contribution is 0.741. The lowest BCUT2D eigenvalue weighted by Gasteiger charge is -2.09. The Bertz CT molecular complexity index is 299. The SMILES string of the molecule is C#CCC(N)c1cccnc1C. The van der Waals surface area contributed by atoms with Crippen molar-refractivity contribution in [1.29, 1.82) is 0 Å². The number of nitrogens with zero attached hydrogens (tertiary/aromatic N) is 1. The highest BCUT2D eigenvalue weighted by molar-refractivity contribution is 5.23. The lowest BCUT2D eigenvalue weighted by Crippen LogP contribution is -2.11. The summed E-state index contributed by atoms with van der Waals surface area (Å²) in [4.78, 5) is 4.13. The van der Waals surface area contributed by atoms with Crippen molar-refractivity contribution in [3.63, 3.8) is 0 Å². The molecule has 0 saturated carbocycles. The van der Waals surface area contributed by atoms with E-state index >= 15 is 0 Å². The molecule has 1 aromatic heterocycles. The standard InChI is InChI=1S/C10H12N2/c1-3-5-10(11)9-6-4-7-12-8(9)2/h1,4,6-7,10H,5,11H2,2H3. The quantitative estimate of drug-likeness (QED) is 0.664. The van der Waals surface area contributed by atoms with Crippen molar-refractivity contribution in [3.8, 4) is 12.3 Å². The minimum absolute atomic E-state index is 0.0799. The third-order valence-electron chi connectivity index (χ3n) is 1.79. The van der Waals surface area contributed by atoms with Crippen LogP contribution in [0.15, 0.2) is 18.3 Å². The molecule has 2 nitrogen and oxygen atoms in total. The largest absolute Gasteiger partial charge is 0.323 e. The van der Waals surface area contributed by atoms with Gasteiger partial charge >= 0.3 is 0 Å². The van der Waals surface area contributed by atoms with Gasteiger partial charge in [0.1, 0.15) is 0 Å². The smallest absolute Gasteiger partial charge is 0.0423 e. The lowest BCUT2D eigenvalue weighted by atomic mass is 10.0. The van der Waals surface area contributed by atoms with Crippen LogP contribution in [0.5, 0.6) is 0 Å². The van der Waals surface area contributed by atoms with Crippen molar-refractivity contribution >= 4 is 0 Å². The van der Waals surface area contributed by atoms with E-state index in [9.17, 15) is 0 Å². The topological polar surface area (TPSA) is 38.9 Å². The molecule has 12 heavy (non-hydrogen) atoms. The molecule has 62 valence electrons. The van der Waals surface area contributed by atoms with Crippen molar-refractivity contribution in [2.45, 2.75) is 19.4 Å². The van der Waals surface area contributed by atoms with Crippen LogP contribution in [0.1, 0.15) is 23.7 Å². The fraction of sp³-hybridized carbons (Fsp3) is 0.300. The molecule has 0 aromatic carbocycles. The third kappa shape index (κ3) is 1.84. The molecule has 1 heterocycles. The molecule has 0 aliphatic heterocycles. The Kier molecular flexibility index (Phi) is 2.84. The maximum atomic E-state index is 5.82. The van der Waals surface area contributed by atoms with Gasteiger partial charge in [0, 0.05) is 24.4 Å². The van der Waals surface area contributed by atoms with Gasteiger partial charge in [-0.3, -0.25) is 4.98 Å². The molecule has 1 rings (SSSR count). The summed E-state index contributed by atoms with van der Waals surface area (Å²) in [6.45, 7) is 1.94. The van der Waals surface area contributed by atoms with Crippen molar-refractivity contribution in [2.24, 2.45) is 5.73 Å². The van der Waals surface area contributed by atoms with E-state index in [-0.39, 0.29) is 6.04 Å². The summed E-state index contributed by atoms with van der Waals surface area (Å²) in [5, 5.41) is 0. The average Bonchev–Trinajstić information content (AvgIpc) is 2.05. The van der Waals surface area contributed by atoms with E-state index in [1.54, 1.807) is 6.20 Å². The number of rotatable bonds is 2. The Labute approximate surface area is 72.8 Å². The van der Waals surface area contributed by atoms with Crippen LogP contribution >= 0.6 is 0 Å². The fourth-order valence-corrected chi connectivity index (χ4v) is 1.13. The number of hydrogen-bond donors (Lipinski definition) is 1. The summed E-state index contributed by atoms with van der Waals surface area (Å²) >= 11 is 0. The van der Waals surface area contributed by atoms with Gasteiger partial charge in [-0.2, -0.15) is 0 Å². The van der Waals surface area contributed by atoms with E-state index in [0.29, 0.717) is 6.42 Å². The number of aryl methyl sites for hydroxylation is 1. The van der Waals surface area contributed by atoms with Gasteiger partial charge in [-0.15, -0.1) is 12.3 Å². The second-order valence-corrected chi connectivity index (χ2v) is 2.69. The van der Waals surface area contributed by atoms with Crippen LogP contribution in [0.4, 0.5) is 0 Å². The Hall–Kier alpha value is -1.33. The zero-order chi connectivity index (χ0) is 8.97. The van der Waals surface area contributed by atoms with Crippen LogP contribution in [0.25, 0.3) is 0 Å². The number of terminal acetylenes is 1. The minimum atomic E-state index is -0.0799. The molecule has 0 spiro atoms. The average molecular weight is 160 g/mol. The van der Waals surface area contributed by atoms with Crippen molar-refractivity contribution in [2.75, 3.05) is 0 Å². The number of aromatic nitrogens is 1. The Morgan fingerprint density at radius 3 is 3.08 bits per heavy atom. The molecule has 0 aliphatic carbocycles. The van der Waals surface area contributed by atoms with Crippen molar-refractivity contribution in [3.05, 3.63) is 29.6 Å². The van der Waals surface area contributed by atoms with Gasteiger partial charge in [0.25, 0.3) is 0 Å². The molecule has 2 heteroatoms. The second kappa shape index (κ2) is 3.89. The Balaban J connectivity index is 2.88. The monoisotopic (exact) mass is 160 g/mol. The normalized spacial score (nSPS) is 12.1. The molecule has 0 saturated heterocycles. The van der Waals surface area contributed by atoms with Gasteiger partial charge in [0.2, 0.25) is 0 Å². The minimum Gasteiger partial charge on any atom is -0.323 e. The van der Waals surface area contributed by atoms with E-state index < -0.39 is 0 Å². The molecule has 0 radical (unpaired) electrons. The Morgan fingerprint density at radius 1 is 1.75 bits per heavy atom. The fourth-order valence-electron chi connectivity index (χ4n) is 1.13. The van der Waals surface area contributed by atoms with Crippen LogP contribution in [-0.4, -0.2) is 4.98 Å². The van der Waals surface area contributed by atoms with Crippen molar-refractivity contribution < 1.29 is 0 Å². The third-order valence-corrected chi connectivity index (χ3v) is 1.79. The van der Waals surface area contributed by atoms with Crippen LogP contribution in [-0.2, 0) is 0 Å². The number of nitrogens with two attached hydrogens (primary N) is 1. The van der Waals surface area contributed by atoms with Crippen LogP contribution < -0.4 is 5.73 Å². The van der Waals surface area contributed by atoms with E-state index in [4.69, 9.17) is 12.2 Å². The highest BCUT2D eigenvalue weighted by Gasteiger charge is 2.06. The highest BCUT2D eigenvalue weighted by atomic mass is 14.7. The molecule has 0 aliphatic rings. The zero-order valence-corrected chi connectivity index (χ0v) is 7.12. The highest BCUT2D eigenvalue weighted by Crippen LogP contribution is 2.15. The van der Waals surface area contributed by atoms with Gasteiger partial charge in [0.05, 0.1) is 0 Å². The molecule has 1 atom stereocenters. The van der Waals surface area contributed by atoms with E-state index in [2.05, 4.69) is 10.9 Å². The van der Waals surface area contributed by atoms with Gasteiger partial charge < -0.3 is 5.73 Å². The van der Waals surface area contributed by atoms with Gasteiger partial charge in [-0.25, -0.2) is 0 Å². The van der Waals surface area contributed by atoms with E-state index in [1.807, 2.05) is 19.1 Å². The molecule has 1 aromatic rings. The van der Waals surface area contributed by atoms with E-state index in [1.165, 1.54) is 0 Å². The Morgan fingerprint density at radius 2 is 2.50 bits per heavy atom. The predicted molar refractivity (Wildman–Crippen MR) is 49.4 cm³/mol. The second-order valence-electron chi connectivity index (χ2n) is 2.69. The maximum absolute atomic E-state index is 5.82. The van der Waals surface area contributed by atoms with Crippen molar-refractivity contribution in [1.82, 2.24) is 4.98 Å². The van der Waals surface area contributed by atoms with Crippen LogP contribution in [0, 0.1) is 19.3 Å². The first-order chi connectivity index (χ1) is 5.75. The molecule has 0 bridgehead atoms. The summed E-state index contributed by atoms with van der Waals surface area (Å²) < 4.78 is 0. The molecular weight excluding hydrogens is 148 g/mol. The number of hydrogen-bond acceptors (Lipinski definition) is 2. The summed E-state index contributed by atoms with van der Waals surface area (Å²) in [7, 11) is 0. The molecule has 1 unspecified atom stereocenters. The molecule has 2 N–H and O–H groups in total. The summed E-state index contributed by atoms with van der Waals surface area (Å²) in [6, 6.07) is 3.76. The van der Waals surface area contributed by atoms with Gasteiger partial charge in [-0.1, -0.05) is 6.07 Å². The molecule has 0 amide bonds. The predicted octanol–water partition coefficient (Wildman–Crippen LogP) is 1.41. The van der Waals surface area contributed by atoms with Gasteiger partial charge in [0.15, 0.2) is 0 Å². The molecule has 0 fully saturated rings.